The van der Waals surface area contributed by atoms with Crippen LogP contribution in [0.15, 0.2) is 34.5 Å². The fraction of sp³-hybridized carbons (Fsp3) is 0.500. The Morgan fingerprint density at radius 3 is 2.77 bits per heavy atom. The summed E-state index contributed by atoms with van der Waals surface area (Å²) in [4.78, 5) is 23.6. The fourth-order valence-electron chi connectivity index (χ4n) is 3.04. The molecule has 1 aromatic carbocycles. The van der Waals surface area contributed by atoms with Crippen molar-refractivity contribution in [2.24, 2.45) is 10.2 Å². The molecule has 1 unspecified atom stereocenters. The molecule has 1 aliphatic heterocycles. The van der Waals surface area contributed by atoms with Crippen LogP contribution in [0.5, 0.6) is 0 Å². The molecule has 3 rings (SSSR count). The summed E-state index contributed by atoms with van der Waals surface area (Å²) in [6, 6.07) is 7.07. The van der Waals surface area contributed by atoms with E-state index in [9.17, 15) is 9.59 Å². The van der Waals surface area contributed by atoms with Crippen molar-refractivity contribution in [1.82, 2.24) is 10.6 Å². The lowest BCUT2D eigenvalue weighted by Crippen LogP contribution is -2.44. The van der Waals surface area contributed by atoms with Gasteiger partial charge in [0.25, 0.3) is 5.91 Å². The number of hydrogen-bond donors (Lipinski definition) is 2. The number of azo groups is 1. The van der Waals surface area contributed by atoms with Crippen LogP contribution in [0.4, 0.5) is 4.79 Å². The van der Waals surface area contributed by atoms with Crippen LogP contribution in [0.25, 0.3) is 0 Å². The Morgan fingerprint density at radius 2 is 1.95 bits per heavy atom. The minimum atomic E-state index is -0.321. The summed E-state index contributed by atoms with van der Waals surface area (Å²) in [6.45, 7) is 0.340. The first-order valence-electron chi connectivity index (χ1n) is 7.82. The van der Waals surface area contributed by atoms with Crippen LogP contribution in [0.3, 0.4) is 0 Å². The number of urea groups is 1. The maximum Gasteiger partial charge on any atom is 0.315 e. The highest BCUT2D eigenvalue weighted by Crippen LogP contribution is 2.26. The Labute approximate surface area is 129 Å². The van der Waals surface area contributed by atoms with Crippen LogP contribution in [0.1, 0.15) is 54.1 Å². The quantitative estimate of drug-likeness (QED) is 0.899. The molecule has 0 radical (unpaired) electrons. The standard InChI is InChI=1S/C16H20N4O2/c21-15-13-9-5-4-8-12(13)14(19-20-15)10-17-16(22)18-11-6-2-1-3-7-11/h4-5,8-9,11,14H,1-3,6-7,10H2,(H2,17,18,22). The summed E-state index contributed by atoms with van der Waals surface area (Å²) >= 11 is 0. The normalized spacial score (nSPS) is 21.3. The molecule has 2 aliphatic rings. The number of carbonyl (C=O) groups excluding carboxylic acids is 2. The van der Waals surface area contributed by atoms with Gasteiger partial charge in [-0.15, -0.1) is 5.11 Å². The van der Waals surface area contributed by atoms with Crippen molar-refractivity contribution in [2.75, 3.05) is 6.54 Å². The molecule has 0 spiro atoms. The highest BCUT2D eigenvalue weighted by molar-refractivity contribution is 5.97. The number of nitrogens with zero attached hydrogens (tertiary/aromatic N) is 2. The molecule has 2 N–H and O–H groups in total. The van der Waals surface area contributed by atoms with E-state index >= 15 is 0 Å². The first-order valence-corrected chi connectivity index (χ1v) is 7.82. The Morgan fingerprint density at radius 1 is 1.18 bits per heavy atom. The molecule has 22 heavy (non-hydrogen) atoms. The average Bonchev–Trinajstić information content (AvgIpc) is 2.55. The minimum absolute atomic E-state index is 0.170. The number of rotatable bonds is 3. The number of amides is 3. The predicted molar refractivity (Wildman–Crippen MR) is 81.8 cm³/mol. The fourth-order valence-corrected chi connectivity index (χ4v) is 3.04. The lowest BCUT2D eigenvalue weighted by Gasteiger charge is -2.24. The molecular weight excluding hydrogens is 280 g/mol. The van der Waals surface area contributed by atoms with Crippen LogP contribution in [0.2, 0.25) is 0 Å². The molecule has 0 aromatic heterocycles. The number of carbonyl (C=O) groups is 2. The number of fused-ring (bicyclic) bond motifs is 1. The van der Waals surface area contributed by atoms with Crippen molar-refractivity contribution >= 4 is 11.9 Å². The Bertz CT molecular complexity index is 594. The van der Waals surface area contributed by atoms with E-state index in [4.69, 9.17) is 0 Å². The van der Waals surface area contributed by atoms with Crippen LogP contribution >= 0.6 is 0 Å². The van der Waals surface area contributed by atoms with Crippen molar-refractivity contribution in [2.45, 2.75) is 44.2 Å². The number of nitrogens with one attached hydrogen (secondary N) is 2. The third kappa shape index (κ3) is 3.32. The summed E-state index contributed by atoms with van der Waals surface area (Å²) in [5.41, 5.74) is 1.39. The van der Waals surface area contributed by atoms with E-state index in [0.29, 0.717) is 12.1 Å². The highest BCUT2D eigenvalue weighted by atomic mass is 16.2. The van der Waals surface area contributed by atoms with E-state index in [2.05, 4.69) is 20.9 Å². The highest BCUT2D eigenvalue weighted by Gasteiger charge is 2.24. The van der Waals surface area contributed by atoms with Crippen molar-refractivity contribution in [1.29, 1.82) is 0 Å². The SMILES string of the molecule is O=C(NCC1N=NC(=O)c2ccccc21)NC1CCCCC1. The van der Waals surface area contributed by atoms with Gasteiger partial charge in [-0.2, -0.15) is 5.11 Å². The lowest BCUT2D eigenvalue weighted by atomic mass is 9.96. The van der Waals surface area contributed by atoms with Crippen LogP contribution in [-0.4, -0.2) is 24.5 Å². The van der Waals surface area contributed by atoms with Gasteiger partial charge in [0, 0.05) is 18.2 Å². The molecule has 1 saturated carbocycles. The van der Waals surface area contributed by atoms with Gasteiger partial charge < -0.3 is 10.6 Å². The van der Waals surface area contributed by atoms with Crippen molar-refractivity contribution in [3.8, 4) is 0 Å². The topological polar surface area (TPSA) is 82.9 Å². The van der Waals surface area contributed by atoms with Gasteiger partial charge in [0.2, 0.25) is 0 Å². The molecule has 0 bridgehead atoms. The Hall–Kier alpha value is -2.24. The summed E-state index contributed by atoms with van der Waals surface area (Å²) in [5, 5.41) is 13.5. The van der Waals surface area contributed by atoms with Crippen LogP contribution < -0.4 is 10.6 Å². The lowest BCUT2D eigenvalue weighted by molar-refractivity contribution is 0.0985. The first-order chi connectivity index (χ1) is 10.7. The molecule has 1 atom stereocenters. The molecule has 6 heteroatoms. The molecule has 116 valence electrons. The largest absolute Gasteiger partial charge is 0.336 e. The Balaban J connectivity index is 1.56. The van der Waals surface area contributed by atoms with Gasteiger partial charge in [0.15, 0.2) is 0 Å². The van der Waals surface area contributed by atoms with Gasteiger partial charge >= 0.3 is 6.03 Å². The van der Waals surface area contributed by atoms with Crippen molar-refractivity contribution in [3.05, 3.63) is 35.4 Å². The van der Waals surface area contributed by atoms with Gasteiger partial charge in [-0.05, 0) is 24.5 Å². The van der Waals surface area contributed by atoms with Crippen molar-refractivity contribution < 1.29 is 9.59 Å². The zero-order valence-corrected chi connectivity index (χ0v) is 12.4. The maximum atomic E-state index is 12.0. The van der Waals surface area contributed by atoms with Gasteiger partial charge in [-0.25, -0.2) is 4.79 Å². The molecule has 3 amide bonds. The third-order valence-corrected chi connectivity index (χ3v) is 4.23. The second-order valence-corrected chi connectivity index (χ2v) is 5.81. The zero-order valence-electron chi connectivity index (χ0n) is 12.4. The van der Waals surface area contributed by atoms with Crippen molar-refractivity contribution in [3.63, 3.8) is 0 Å². The molecule has 1 aliphatic carbocycles. The van der Waals surface area contributed by atoms with E-state index in [1.807, 2.05) is 12.1 Å². The van der Waals surface area contributed by atoms with Gasteiger partial charge in [-0.1, -0.05) is 37.5 Å². The summed E-state index contributed by atoms with van der Waals surface area (Å²) in [5.74, 6) is -0.321. The zero-order chi connectivity index (χ0) is 15.4. The summed E-state index contributed by atoms with van der Waals surface area (Å²) < 4.78 is 0. The second kappa shape index (κ2) is 6.68. The molecule has 1 aromatic rings. The van der Waals surface area contributed by atoms with E-state index in [0.717, 1.165) is 18.4 Å². The second-order valence-electron chi connectivity index (χ2n) is 5.81. The van der Waals surface area contributed by atoms with Gasteiger partial charge in [0.05, 0.1) is 0 Å². The molecular formula is C16H20N4O2. The molecule has 1 fully saturated rings. The third-order valence-electron chi connectivity index (χ3n) is 4.23. The Kier molecular flexibility index (Phi) is 4.46. The monoisotopic (exact) mass is 300 g/mol. The first kappa shape index (κ1) is 14.7. The minimum Gasteiger partial charge on any atom is -0.336 e. The number of hydrogen-bond acceptors (Lipinski definition) is 3. The predicted octanol–water partition coefficient (Wildman–Crippen LogP) is 2.97. The van der Waals surface area contributed by atoms with Crippen LogP contribution in [-0.2, 0) is 0 Å². The van der Waals surface area contributed by atoms with E-state index in [-0.39, 0.29) is 24.0 Å². The maximum absolute atomic E-state index is 12.0. The van der Waals surface area contributed by atoms with E-state index in [1.165, 1.54) is 19.3 Å². The van der Waals surface area contributed by atoms with E-state index < -0.39 is 0 Å². The summed E-state index contributed by atoms with van der Waals surface area (Å²) in [7, 11) is 0. The molecule has 0 saturated heterocycles. The number of benzene rings is 1. The molecule has 1 heterocycles. The summed E-state index contributed by atoms with van der Waals surface area (Å²) in [6.07, 6.45) is 5.71. The molecule has 6 nitrogen and oxygen atoms in total. The van der Waals surface area contributed by atoms with Gasteiger partial charge in [-0.3, -0.25) is 4.79 Å². The van der Waals surface area contributed by atoms with E-state index in [1.54, 1.807) is 12.1 Å². The smallest absolute Gasteiger partial charge is 0.315 e. The van der Waals surface area contributed by atoms with Gasteiger partial charge in [0.1, 0.15) is 6.04 Å². The van der Waals surface area contributed by atoms with Crippen LogP contribution in [0, 0.1) is 0 Å². The average molecular weight is 300 g/mol.